The summed E-state index contributed by atoms with van der Waals surface area (Å²) in [6.45, 7) is 7.22. The summed E-state index contributed by atoms with van der Waals surface area (Å²) >= 11 is 0. The maximum Gasteiger partial charge on any atom is 0.472 e. The molecule has 93 heavy (non-hydrogen) atoms. The lowest BCUT2D eigenvalue weighted by molar-refractivity contribution is -0.161. The summed E-state index contributed by atoms with van der Waals surface area (Å²) < 4.78 is 68.2. The van der Waals surface area contributed by atoms with Gasteiger partial charge < -0.3 is 33.8 Å². The van der Waals surface area contributed by atoms with E-state index in [1.54, 1.807) is 0 Å². The van der Waals surface area contributed by atoms with E-state index in [-0.39, 0.29) is 25.7 Å². The molecule has 0 bridgehead atoms. The zero-order valence-electron chi connectivity index (χ0n) is 60.4. The first kappa shape index (κ1) is 91.1. The van der Waals surface area contributed by atoms with Gasteiger partial charge in [-0.2, -0.15) is 0 Å². The standard InChI is InChI=1S/C74H144O17P2/c1-6-9-12-15-17-19-21-23-24-25-29-32-36-39-43-48-53-58-72(77)85-64-70(91-74(79)60-55-50-45-41-37-33-30-27-26-28-31-34-38-42-47-51-56-67(4)5)66-89-93(82,83)87-62-68(75)61-86-92(80,81)88-65-69(63-84-71(76)57-52-46-14-11-8-3)90-73(78)59-54-49-44-40-35-22-20-18-16-13-10-7-2/h67-70,75H,6-66H2,1-5H3,(H,80,81)(H,82,83)/t68-,69+,70+/m0/s1. The second-order valence-corrected chi connectivity index (χ2v) is 30.1. The maximum absolute atomic E-state index is 13.1. The Kier molecular flexibility index (Phi) is 65.9. The zero-order valence-corrected chi connectivity index (χ0v) is 62.2. The van der Waals surface area contributed by atoms with Gasteiger partial charge in [0.1, 0.15) is 19.3 Å². The third kappa shape index (κ3) is 68.4. The summed E-state index contributed by atoms with van der Waals surface area (Å²) in [6, 6.07) is 0. The van der Waals surface area contributed by atoms with Crippen molar-refractivity contribution < 1.29 is 80.2 Å². The smallest absolute Gasteiger partial charge is 0.462 e. The molecule has 0 aliphatic carbocycles. The van der Waals surface area contributed by atoms with Gasteiger partial charge in [0.05, 0.1) is 26.4 Å². The van der Waals surface area contributed by atoms with E-state index >= 15 is 0 Å². The predicted octanol–water partition coefficient (Wildman–Crippen LogP) is 21.7. The molecule has 0 spiro atoms. The fourth-order valence-electron chi connectivity index (χ4n) is 11.4. The van der Waals surface area contributed by atoms with Crippen LogP contribution < -0.4 is 0 Å². The van der Waals surface area contributed by atoms with Crippen LogP contribution in [0.4, 0.5) is 0 Å². The lowest BCUT2D eigenvalue weighted by atomic mass is 10.0. The molecule has 0 fully saturated rings. The average molecular weight is 1370 g/mol. The summed E-state index contributed by atoms with van der Waals surface area (Å²) in [6.07, 6.45) is 55.9. The van der Waals surface area contributed by atoms with Gasteiger partial charge in [-0.3, -0.25) is 37.3 Å². The Balaban J connectivity index is 5.14. The summed E-state index contributed by atoms with van der Waals surface area (Å²) in [5.41, 5.74) is 0. The number of hydrogen-bond donors (Lipinski definition) is 3. The molecule has 0 aromatic carbocycles. The van der Waals surface area contributed by atoms with E-state index < -0.39 is 97.5 Å². The van der Waals surface area contributed by atoms with Crippen molar-refractivity contribution in [3.8, 4) is 0 Å². The average Bonchev–Trinajstić information content (AvgIpc) is 1.96. The molecule has 2 unspecified atom stereocenters. The molecule has 0 saturated heterocycles. The highest BCUT2D eigenvalue weighted by atomic mass is 31.2. The predicted molar refractivity (Wildman–Crippen MR) is 377 cm³/mol. The first-order valence-electron chi connectivity index (χ1n) is 38.6. The number of aliphatic hydroxyl groups excluding tert-OH is 1. The van der Waals surface area contributed by atoms with Crippen molar-refractivity contribution in [2.75, 3.05) is 39.6 Å². The lowest BCUT2D eigenvalue weighted by Crippen LogP contribution is -2.30. The fraction of sp³-hybridized carbons (Fsp3) is 0.946. The molecule has 17 nitrogen and oxygen atoms in total. The van der Waals surface area contributed by atoms with Crippen molar-refractivity contribution in [1.82, 2.24) is 0 Å². The van der Waals surface area contributed by atoms with Gasteiger partial charge in [0.15, 0.2) is 12.2 Å². The largest absolute Gasteiger partial charge is 0.472 e. The van der Waals surface area contributed by atoms with Crippen LogP contribution in [0, 0.1) is 5.92 Å². The van der Waals surface area contributed by atoms with Crippen LogP contribution in [0.15, 0.2) is 0 Å². The van der Waals surface area contributed by atoms with Crippen molar-refractivity contribution in [1.29, 1.82) is 0 Å². The monoisotopic (exact) mass is 1370 g/mol. The first-order chi connectivity index (χ1) is 45.0. The number of unbranched alkanes of at least 4 members (excludes halogenated alkanes) is 46. The summed E-state index contributed by atoms with van der Waals surface area (Å²) in [5, 5.41) is 10.6. The topological polar surface area (TPSA) is 237 Å². The number of hydrogen-bond acceptors (Lipinski definition) is 15. The van der Waals surface area contributed by atoms with Gasteiger partial charge in [0.25, 0.3) is 0 Å². The fourth-order valence-corrected chi connectivity index (χ4v) is 12.9. The second-order valence-electron chi connectivity index (χ2n) is 27.2. The van der Waals surface area contributed by atoms with Gasteiger partial charge >= 0.3 is 39.5 Å². The Morgan fingerprint density at radius 2 is 0.495 bits per heavy atom. The van der Waals surface area contributed by atoms with Crippen molar-refractivity contribution >= 4 is 39.5 Å². The highest BCUT2D eigenvalue weighted by Crippen LogP contribution is 2.45. The second kappa shape index (κ2) is 67.3. The third-order valence-electron chi connectivity index (χ3n) is 17.3. The highest BCUT2D eigenvalue weighted by molar-refractivity contribution is 7.47. The number of carbonyl (C=O) groups is 4. The number of ether oxygens (including phenoxy) is 4. The molecule has 0 heterocycles. The molecule has 0 radical (unpaired) electrons. The van der Waals surface area contributed by atoms with Crippen LogP contribution >= 0.6 is 15.6 Å². The number of rotatable bonds is 74. The molecule has 0 aromatic rings. The lowest BCUT2D eigenvalue weighted by Gasteiger charge is -2.21. The number of phosphoric acid groups is 2. The molecule has 0 aliphatic rings. The number of phosphoric ester groups is 2. The SMILES string of the molecule is CCCCCCCCCCCCCCCCCCCC(=O)OC[C@H](COP(=O)(O)OC[C@@H](O)COP(=O)(O)OC[C@@H](COC(=O)CCCCCCC)OC(=O)CCCCCCCCCCCCCC)OC(=O)CCCCCCCCCCCCCCCCCCC(C)C. The Morgan fingerprint density at radius 3 is 0.731 bits per heavy atom. The Labute approximate surface area is 568 Å². The van der Waals surface area contributed by atoms with Gasteiger partial charge in [-0.1, -0.05) is 336 Å². The van der Waals surface area contributed by atoms with Crippen molar-refractivity contribution in [3.05, 3.63) is 0 Å². The Morgan fingerprint density at radius 1 is 0.290 bits per heavy atom. The molecular weight excluding hydrogens is 1220 g/mol. The van der Waals surface area contributed by atoms with Crippen LogP contribution in [0.25, 0.3) is 0 Å². The van der Waals surface area contributed by atoms with Crippen LogP contribution in [0.3, 0.4) is 0 Å². The minimum atomic E-state index is -4.95. The van der Waals surface area contributed by atoms with Crippen molar-refractivity contribution in [2.45, 2.75) is 406 Å². The minimum absolute atomic E-state index is 0.107. The molecule has 5 atom stereocenters. The Bertz CT molecular complexity index is 1790. The molecule has 0 saturated carbocycles. The van der Waals surface area contributed by atoms with Crippen LogP contribution in [0.5, 0.6) is 0 Å². The molecule has 3 N–H and O–H groups in total. The summed E-state index contributed by atoms with van der Waals surface area (Å²) in [4.78, 5) is 72.4. The van der Waals surface area contributed by atoms with Crippen LogP contribution in [-0.2, 0) is 65.4 Å². The normalized spacial score (nSPS) is 14.0. The van der Waals surface area contributed by atoms with Crippen molar-refractivity contribution in [2.24, 2.45) is 5.92 Å². The highest BCUT2D eigenvalue weighted by Gasteiger charge is 2.30. The van der Waals surface area contributed by atoms with Gasteiger partial charge in [-0.15, -0.1) is 0 Å². The molecule has 0 aromatic heterocycles. The molecule has 0 rings (SSSR count). The number of carbonyl (C=O) groups excluding carboxylic acids is 4. The molecular formula is C74H144O17P2. The van der Waals surface area contributed by atoms with E-state index in [9.17, 15) is 43.2 Å². The van der Waals surface area contributed by atoms with Crippen LogP contribution in [0.1, 0.15) is 388 Å². The Hall–Kier alpha value is -1.94. The van der Waals surface area contributed by atoms with Gasteiger partial charge in [-0.05, 0) is 31.6 Å². The van der Waals surface area contributed by atoms with E-state index in [0.29, 0.717) is 25.7 Å². The van der Waals surface area contributed by atoms with Gasteiger partial charge in [0.2, 0.25) is 0 Å². The van der Waals surface area contributed by atoms with E-state index in [4.69, 9.17) is 37.0 Å². The van der Waals surface area contributed by atoms with Gasteiger partial charge in [0, 0.05) is 25.7 Å². The van der Waals surface area contributed by atoms with E-state index in [1.807, 2.05) is 0 Å². The molecule has 0 amide bonds. The van der Waals surface area contributed by atoms with Crippen molar-refractivity contribution in [3.63, 3.8) is 0 Å². The van der Waals surface area contributed by atoms with Crippen LogP contribution in [-0.4, -0.2) is 96.7 Å². The number of esters is 4. The third-order valence-corrected chi connectivity index (χ3v) is 19.2. The minimum Gasteiger partial charge on any atom is -0.462 e. The van der Waals surface area contributed by atoms with Crippen LogP contribution in [0.2, 0.25) is 0 Å². The van der Waals surface area contributed by atoms with E-state index in [2.05, 4.69) is 34.6 Å². The summed E-state index contributed by atoms with van der Waals surface area (Å²) in [5.74, 6) is -1.32. The zero-order chi connectivity index (χ0) is 68.4. The summed E-state index contributed by atoms with van der Waals surface area (Å²) in [7, 11) is -9.90. The molecule has 552 valence electrons. The van der Waals surface area contributed by atoms with Gasteiger partial charge in [-0.25, -0.2) is 9.13 Å². The quantitative estimate of drug-likeness (QED) is 0.0222. The first-order valence-corrected chi connectivity index (χ1v) is 41.6. The molecule has 0 aliphatic heterocycles. The van der Waals surface area contributed by atoms with E-state index in [1.165, 1.54) is 205 Å². The maximum atomic E-state index is 13.1. The number of aliphatic hydroxyl groups is 1. The molecule has 19 heteroatoms. The van der Waals surface area contributed by atoms with E-state index in [0.717, 1.165) is 102 Å².